The van der Waals surface area contributed by atoms with Crippen LogP contribution in [0.5, 0.6) is 17.2 Å². The van der Waals surface area contributed by atoms with Crippen molar-refractivity contribution >= 4 is 27.7 Å². The SMILES string of the molecule is Cc1ccc2c(O)c3c(c(OC(=O)Oc4ccc5ccccc5c4)c2c1)C1CCC3C1. The van der Waals surface area contributed by atoms with Crippen molar-refractivity contribution in [3.8, 4) is 17.2 Å². The van der Waals surface area contributed by atoms with E-state index < -0.39 is 6.16 Å². The minimum absolute atomic E-state index is 0.319. The van der Waals surface area contributed by atoms with E-state index in [1.165, 1.54) is 0 Å². The molecule has 154 valence electrons. The van der Waals surface area contributed by atoms with Crippen molar-refractivity contribution < 1.29 is 19.4 Å². The van der Waals surface area contributed by atoms with Gasteiger partial charge in [-0.3, -0.25) is 0 Å². The highest BCUT2D eigenvalue weighted by Crippen LogP contribution is 2.60. The van der Waals surface area contributed by atoms with Crippen LogP contribution in [0.3, 0.4) is 0 Å². The molecule has 0 heterocycles. The van der Waals surface area contributed by atoms with E-state index in [2.05, 4.69) is 0 Å². The number of phenolic OH excluding ortho intramolecular Hbond substituents is 1. The summed E-state index contributed by atoms with van der Waals surface area (Å²) in [5, 5.41) is 14.6. The van der Waals surface area contributed by atoms with Crippen molar-refractivity contribution in [1.82, 2.24) is 0 Å². The largest absolute Gasteiger partial charge is 0.519 e. The molecule has 1 N–H and O–H groups in total. The first-order chi connectivity index (χ1) is 15.1. The summed E-state index contributed by atoms with van der Waals surface area (Å²) in [7, 11) is 0. The third kappa shape index (κ3) is 2.86. The molecule has 6 rings (SSSR count). The normalized spacial score (nSPS) is 19.0. The average molecular weight is 410 g/mol. The van der Waals surface area contributed by atoms with Crippen molar-refractivity contribution in [2.24, 2.45) is 0 Å². The maximum Gasteiger partial charge on any atom is 0.519 e. The number of carbonyl (C=O) groups is 1. The molecule has 0 saturated heterocycles. The molecule has 1 saturated carbocycles. The molecule has 0 aliphatic heterocycles. The molecule has 0 amide bonds. The lowest BCUT2D eigenvalue weighted by Crippen LogP contribution is -2.16. The molecule has 4 heteroatoms. The van der Waals surface area contributed by atoms with Crippen LogP contribution in [0.1, 0.15) is 47.8 Å². The first kappa shape index (κ1) is 18.3. The van der Waals surface area contributed by atoms with Gasteiger partial charge >= 0.3 is 6.16 Å². The van der Waals surface area contributed by atoms with Crippen molar-refractivity contribution in [2.75, 3.05) is 0 Å². The molecule has 0 radical (unpaired) electrons. The highest BCUT2D eigenvalue weighted by molar-refractivity contribution is 5.98. The summed E-state index contributed by atoms with van der Waals surface area (Å²) in [6.07, 6.45) is 2.39. The summed E-state index contributed by atoms with van der Waals surface area (Å²) in [5.41, 5.74) is 2.99. The van der Waals surface area contributed by atoms with Gasteiger partial charge in [-0.15, -0.1) is 0 Å². The summed E-state index contributed by atoms with van der Waals surface area (Å²) in [6.45, 7) is 1.99. The number of rotatable bonds is 2. The Balaban J connectivity index is 1.41. The monoisotopic (exact) mass is 410 g/mol. The fraction of sp³-hybridized carbons (Fsp3) is 0.222. The average Bonchev–Trinajstić information content (AvgIpc) is 3.39. The second-order valence-electron chi connectivity index (χ2n) is 8.72. The lowest BCUT2D eigenvalue weighted by atomic mass is 9.87. The highest BCUT2D eigenvalue weighted by atomic mass is 16.7. The Hall–Kier alpha value is -3.53. The van der Waals surface area contributed by atoms with Crippen LogP contribution in [0.25, 0.3) is 21.5 Å². The molecular formula is C27H22O4. The zero-order valence-electron chi connectivity index (χ0n) is 17.2. The van der Waals surface area contributed by atoms with E-state index in [4.69, 9.17) is 9.47 Å². The van der Waals surface area contributed by atoms with E-state index in [1.54, 1.807) is 6.07 Å². The Morgan fingerprint density at radius 3 is 2.48 bits per heavy atom. The summed E-state index contributed by atoms with van der Waals surface area (Å²) < 4.78 is 11.4. The lowest BCUT2D eigenvalue weighted by molar-refractivity contribution is 0.152. The maximum atomic E-state index is 12.8. The maximum absolute atomic E-state index is 12.8. The van der Waals surface area contributed by atoms with Crippen LogP contribution in [0.2, 0.25) is 0 Å². The predicted octanol–water partition coefficient (Wildman–Crippen LogP) is 6.95. The number of carbonyl (C=O) groups excluding carboxylic acids is 1. The van der Waals surface area contributed by atoms with Gasteiger partial charge < -0.3 is 14.6 Å². The summed E-state index contributed by atoms with van der Waals surface area (Å²) >= 11 is 0. The van der Waals surface area contributed by atoms with Crippen molar-refractivity contribution in [2.45, 2.75) is 38.0 Å². The quantitative estimate of drug-likeness (QED) is 0.287. The molecule has 2 aliphatic rings. The van der Waals surface area contributed by atoms with Crippen molar-refractivity contribution in [1.29, 1.82) is 0 Å². The van der Waals surface area contributed by atoms with Crippen LogP contribution in [-0.2, 0) is 0 Å². The van der Waals surface area contributed by atoms with E-state index in [1.807, 2.05) is 61.5 Å². The molecule has 1 fully saturated rings. The number of fused-ring (bicyclic) bond motifs is 7. The third-order valence-corrected chi connectivity index (χ3v) is 6.82. The van der Waals surface area contributed by atoms with E-state index in [9.17, 15) is 9.90 Å². The van der Waals surface area contributed by atoms with Gasteiger partial charge in [-0.2, -0.15) is 0 Å². The molecule has 2 aliphatic carbocycles. The van der Waals surface area contributed by atoms with E-state index in [0.29, 0.717) is 29.1 Å². The Bertz CT molecular complexity index is 1370. The molecule has 2 bridgehead atoms. The fourth-order valence-electron chi connectivity index (χ4n) is 5.46. The second kappa shape index (κ2) is 6.74. The number of benzene rings is 4. The molecule has 2 unspecified atom stereocenters. The fourth-order valence-corrected chi connectivity index (χ4v) is 5.46. The molecule has 0 aromatic heterocycles. The summed E-state index contributed by atoms with van der Waals surface area (Å²) in [5.74, 6) is 1.99. The molecule has 2 atom stereocenters. The molecule has 4 nitrogen and oxygen atoms in total. The minimum atomic E-state index is -0.756. The smallest absolute Gasteiger partial charge is 0.507 e. The zero-order valence-corrected chi connectivity index (χ0v) is 17.2. The first-order valence-corrected chi connectivity index (χ1v) is 10.8. The van der Waals surface area contributed by atoms with Crippen LogP contribution >= 0.6 is 0 Å². The summed E-state index contributed by atoms with van der Waals surface area (Å²) in [4.78, 5) is 12.8. The Kier molecular flexibility index (Phi) is 3.97. The van der Waals surface area contributed by atoms with Gasteiger partial charge in [0, 0.05) is 21.9 Å². The first-order valence-electron chi connectivity index (χ1n) is 10.8. The number of aryl methyl sites for hydroxylation is 1. The number of aromatic hydroxyl groups is 1. The number of hydrogen-bond acceptors (Lipinski definition) is 4. The van der Waals surface area contributed by atoms with Crippen LogP contribution in [0.4, 0.5) is 4.79 Å². The summed E-state index contributed by atoms with van der Waals surface area (Å²) in [6, 6.07) is 19.3. The van der Waals surface area contributed by atoms with Crippen molar-refractivity contribution in [3.05, 3.63) is 77.4 Å². The standard InChI is InChI=1S/C27H22O4/c1-15-6-11-21-22(12-15)26(24-19-8-7-18(13-19)23(24)25(21)28)31-27(29)30-20-10-9-16-4-2-3-5-17(16)14-20/h2-6,9-12,14,18-19,28H,7-8,13H2,1H3. The zero-order chi connectivity index (χ0) is 21.1. The van der Waals surface area contributed by atoms with Crippen LogP contribution < -0.4 is 9.47 Å². The lowest BCUT2D eigenvalue weighted by Gasteiger charge is -2.22. The predicted molar refractivity (Wildman–Crippen MR) is 120 cm³/mol. The Labute approximate surface area is 180 Å². The van der Waals surface area contributed by atoms with Crippen LogP contribution in [0.15, 0.2) is 60.7 Å². The van der Waals surface area contributed by atoms with Crippen LogP contribution in [-0.4, -0.2) is 11.3 Å². The van der Waals surface area contributed by atoms with Gasteiger partial charge in [0.25, 0.3) is 0 Å². The molecule has 0 spiro atoms. The third-order valence-electron chi connectivity index (χ3n) is 6.82. The van der Waals surface area contributed by atoms with Gasteiger partial charge in [0.1, 0.15) is 17.2 Å². The van der Waals surface area contributed by atoms with Gasteiger partial charge in [0.2, 0.25) is 0 Å². The topological polar surface area (TPSA) is 55.8 Å². The molecule has 31 heavy (non-hydrogen) atoms. The second-order valence-corrected chi connectivity index (χ2v) is 8.72. The Morgan fingerprint density at radius 1 is 0.871 bits per heavy atom. The van der Waals surface area contributed by atoms with E-state index >= 15 is 0 Å². The number of ether oxygens (including phenoxy) is 2. The van der Waals surface area contributed by atoms with Crippen LogP contribution in [0, 0.1) is 6.92 Å². The molecule has 4 aromatic carbocycles. The van der Waals surface area contributed by atoms with Gasteiger partial charge in [-0.1, -0.05) is 48.0 Å². The number of phenols is 1. The van der Waals surface area contributed by atoms with Crippen molar-refractivity contribution in [3.63, 3.8) is 0 Å². The van der Waals surface area contributed by atoms with Gasteiger partial charge in [0.05, 0.1) is 0 Å². The minimum Gasteiger partial charge on any atom is -0.507 e. The highest BCUT2D eigenvalue weighted by Gasteiger charge is 2.42. The van der Waals surface area contributed by atoms with Gasteiger partial charge in [-0.25, -0.2) is 4.79 Å². The number of hydrogen-bond donors (Lipinski definition) is 1. The molecular weight excluding hydrogens is 388 g/mol. The Morgan fingerprint density at radius 2 is 1.65 bits per heavy atom. The van der Waals surface area contributed by atoms with E-state index in [0.717, 1.165) is 57.5 Å². The van der Waals surface area contributed by atoms with E-state index in [-0.39, 0.29) is 0 Å². The molecule has 4 aromatic rings. The van der Waals surface area contributed by atoms with Gasteiger partial charge in [0.15, 0.2) is 0 Å². The van der Waals surface area contributed by atoms with Gasteiger partial charge in [-0.05, 0) is 67.0 Å².